The molecule has 3 rings (SSSR count). The average molecular weight is 420 g/mol. The summed E-state index contributed by atoms with van der Waals surface area (Å²) in [5.41, 5.74) is 2.43. The summed E-state index contributed by atoms with van der Waals surface area (Å²) >= 11 is 5.44. The van der Waals surface area contributed by atoms with Crippen molar-refractivity contribution in [1.29, 1.82) is 0 Å². The van der Waals surface area contributed by atoms with E-state index in [2.05, 4.69) is 0 Å². The molecular weight excluding hydrogens is 407 g/mol. The van der Waals surface area contributed by atoms with E-state index in [1.165, 1.54) is 29.6 Å². The third kappa shape index (κ3) is 4.40. The van der Waals surface area contributed by atoms with Crippen LogP contribution in [-0.2, 0) is 10.1 Å². The molecule has 0 spiro atoms. The van der Waals surface area contributed by atoms with Crippen LogP contribution < -0.4 is 4.74 Å². The minimum absolute atomic E-state index is 0. The molecule has 25 heavy (non-hydrogen) atoms. The molecule has 0 aliphatic carbocycles. The molecule has 0 aliphatic heterocycles. The third-order valence-corrected chi connectivity index (χ3v) is 7.34. The Hall–Kier alpha value is -0.580. The van der Waals surface area contributed by atoms with Gasteiger partial charge in [-0.25, -0.2) is 0 Å². The van der Waals surface area contributed by atoms with E-state index in [1.807, 2.05) is 30.3 Å². The molecule has 4 nitrogen and oxygen atoms in total. The van der Waals surface area contributed by atoms with Crippen LogP contribution in [0.2, 0.25) is 0 Å². The zero-order valence-corrected chi connectivity index (χ0v) is 18.7. The molecule has 0 atom stereocenters. The van der Waals surface area contributed by atoms with Crippen molar-refractivity contribution in [3.8, 4) is 27.3 Å². The number of methoxy groups -OCH3 is 1. The number of ether oxygens (including phenoxy) is 1. The molecule has 1 N–H and O–H groups in total. The van der Waals surface area contributed by atoms with Crippen LogP contribution in [-0.4, -0.2) is 49.6 Å². The van der Waals surface area contributed by atoms with Crippen molar-refractivity contribution >= 4 is 72.6 Å². The second-order valence-corrected chi connectivity index (χ2v) is 9.07. The Kier molecular flexibility index (Phi) is 6.97. The quantitative estimate of drug-likeness (QED) is 0.286. The van der Waals surface area contributed by atoms with Crippen molar-refractivity contribution in [3.05, 3.63) is 52.4 Å². The van der Waals surface area contributed by atoms with E-state index in [0.29, 0.717) is 9.39 Å². The predicted molar refractivity (Wildman–Crippen MR) is 106 cm³/mol. The number of hydrogen-bond acceptors (Lipinski definition) is 6. The van der Waals surface area contributed by atoms with Crippen LogP contribution in [0.3, 0.4) is 0 Å². The molecule has 3 aromatic rings. The van der Waals surface area contributed by atoms with E-state index in [-0.39, 0.29) is 40.2 Å². The molecule has 1 heterocycles. The fraction of sp³-hybridized carbons (Fsp3) is 0.0625. The Morgan fingerprint density at radius 1 is 1.04 bits per heavy atom. The molecule has 0 saturated carbocycles. The monoisotopic (exact) mass is 419 g/mol. The van der Waals surface area contributed by atoms with Gasteiger partial charge in [0.1, 0.15) is 14.5 Å². The van der Waals surface area contributed by atoms with Gasteiger partial charge >= 0.3 is 0 Å². The van der Waals surface area contributed by atoms with Crippen LogP contribution in [0.15, 0.2) is 53.4 Å². The summed E-state index contributed by atoms with van der Waals surface area (Å²) in [4.78, 5) is 0.698. The van der Waals surface area contributed by atoms with E-state index in [0.717, 1.165) is 16.0 Å². The molecule has 0 unspecified atom stereocenters. The van der Waals surface area contributed by atoms with Gasteiger partial charge in [0.15, 0.2) is 0 Å². The first-order valence-corrected chi connectivity index (χ1v) is 10.8. The zero-order chi connectivity index (χ0) is 17.3. The Balaban J connectivity index is 0.00000225. The van der Waals surface area contributed by atoms with Crippen LogP contribution >= 0.6 is 32.9 Å². The van der Waals surface area contributed by atoms with Gasteiger partial charge in [0.05, 0.1) is 12.0 Å². The van der Waals surface area contributed by atoms with E-state index < -0.39 is 10.1 Å². The van der Waals surface area contributed by atoms with E-state index in [9.17, 15) is 13.0 Å². The Bertz CT molecular complexity index is 1040. The second kappa shape index (κ2) is 8.41. The van der Waals surface area contributed by atoms with Gasteiger partial charge in [-0.2, -0.15) is 8.42 Å². The first-order chi connectivity index (χ1) is 11.4. The fourth-order valence-electron chi connectivity index (χ4n) is 2.32. The molecule has 0 bridgehead atoms. The normalized spacial score (nSPS) is 11.0. The summed E-state index contributed by atoms with van der Waals surface area (Å²) in [5.74, 6) is 0.0901. The Labute approximate surface area is 180 Å². The van der Waals surface area contributed by atoms with Crippen molar-refractivity contribution in [2.24, 2.45) is 0 Å². The maximum absolute atomic E-state index is 11.6. The number of benzene rings is 2. The van der Waals surface area contributed by atoms with E-state index in [1.54, 1.807) is 16.4 Å². The summed E-state index contributed by atoms with van der Waals surface area (Å²) in [5, 5.41) is 0. The van der Waals surface area contributed by atoms with Gasteiger partial charge in [0, 0.05) is 35.1 Å². The first-order valence-electron chi connectivity index (χ1n) is 6.76. The fourth-order valence-corrected chi connectivity index (χ4v) is 5.92. The second-order valence-electron chi connectivity index (χ2n) is 4.86. The summed E-state index contributed by atoms with van der Waals surface area (Å²) in [6.45, 7) is 0. The molecule has 1 radical (unpaired) electrons. The molecule has 0 aliphatic rings. The minimum atomic E-state index is -4.40. The van der Waals surface area contributed by atoms with Gasteiger partial charge in [0.25, 0.3) is 10.1 Å². The predicted octanol–water partition coefficient (Wildman–Crippen LogP) is 4.75. The number of hydrogen-bond donors (Lipinski definition) is 1. The minimum Gasteiger partial charge on any atom is -0.495 e. The van der Waals surface area contributed by atoms with Gasteiger partial charge in [-0.15, -0.1) is 0 Å². The average Bonchev–Trinajstić information content (AvgIpc) is 2.96. The van der Waals surface area contributed by atoms with Crippen LogP contribution in [0.1, 0.15) is 0 Å². The SMILES string of the molecule is COc1ccc(-c2c(-c3ccccc3)ssc2=S)cc1S(=O)(=O)O.[Na]. The van der Waals surface area contributed by atoms with Gasteiger partial charge in [-0.05, 0) is 23.3 Å². The van der Waals surface area contributed by atoms with E-state index in [4.69, 9.17) is 17.0 Å². The first kappa shape index (κ1) is 20.7. The van der Waals surface area contributed by atoms with Crippen molar-refractivity contribution in [3.63, 3.8) is 0 Å². The van der Waals surface area contributed by atoms with Crippen LogP contribution in [0, 0.1) is 3.82 Å². The standard InChI is InChI=1S/C16H12O4S4.Na/c1-20-12-8-7-11(9-13(12)24(17,18)19)14-15(22-23-16(14)21)10-5-3-2-4-6-10;/h2-9H,1H3,(H,17,18,19);. The molecule has 1 aromatic heterocycles. The van der Waals surface area contributed by atoms with Crippen molar-refractivity contribution in [2.75, 3.05) is 7.11 Å². The van der Waals surface area contributed by atoms with Crippen LogP contribution in [0.5, 0.6) is 5.75 Å². The largest absolute Gasteiger partial charge is 0.495 e. The summed E-state index contributed by atoms with van der Waals surface area (Å²) < 4.78 is 38.4. The molecule has 0 saturated heterocycles. The van der Waals surface area contributed by atoms with Gasteiger partial charge in [-0.1, -0.05) is 69.3 Å². The molecule has 0 amide bonds. The Morgan fingerprint density at radius 3 is 2.32 bits per heavy atom. The zero-order valence-electron chi connectivity index (χ0n) is 13.4. The summed E-state index contributed by atoms with van der Waals surface area (Å²) in [7, 11) is -0.0513. The van der Waals surface area contributed by atoms with E-state index >= 15 is 0 Å². The van der Waals surface area contributed by atoms with Crippen LogP contribution in [0.4, 0.5) is 0 Å². The van der Waals surface area contributed by atoms with Crippen molar-refractivity contribution in [2.45, 2.75) is 4.90 Å². The van der Waals surface area contributed by atoms with Crippen molar-refractivity contribution < 1.29 is 17.7 Å². The molecule has 2 aromatic carbocycles. The molecular formula is C16H12NaO4S4. The maximum atomic E-state index is 11.6. The van der Waals surface area contributed by atoms with Crippen molar-refractivity contribution in [1.82, 2.24) is 0 Å². The molecule has 0 fully saturated rings. The van der Waals surface area contributed by atoms with Gasteiger partial charge < -0.3 is 4.74 Å². The molecule has 125 valence electrons. The maximum Gasteiger partial charge on any atom is 0.298 e. The number of rotatable bonds is 4. The Morgan fingerprint density at radius 2 is 1.72 bits per heavy atom. The van der Waals surface area contributed by atoms with Gasteiger partial charge in [0.2, 0.25) is 0 Å². The third-order valence-electron chi connectivity index (χ3n) is 3.40. The summed E-state index contributed by atoms with van der Waals surface area (Å²) in [6.07, 6.45) is 0. The smallest absolute Gasteiger partial charge is 0.298 e. The summed E-state index contributed by atoms with van der Waals surface area (Å²) in [6, 6.07) is 14.4. The van der Waals surface area contributed by atoms with Gasteiger partial charge in [-0.3, -0.25) is 4.55 Å². The molecule has 9 heteroatoms. The van der Waals surface area contributed by atoms with Crippen LogP contribution in [0.25, 0.3) is 21.6 Å². The topological polar surface area (TPSA) is 63.6 Å².